The van der Waals surface area contributed by atoms with Gasteiger partial charge >= 0.3 is 6.18 Å². The lowest BCUT2D eigenvalue weighted by molar-refractivity contribution is -0.146. The van der Waals surface area contributed by atoms with E-state index in [1.807, 2.05) is 0 Å². The van der Waals surface area contributed by atoms with Gasteiger partial charge in [0.2, 0.25) is 5.82 Å². The maximum atomic E-state index is 13.1. The van der Waals surface area contributed by atoms with E-state index in [4.69, 9.17) is 0 Å². The topological polar surface area (TPSA) is 38.1 Å². The zero-order chi connectivity index (χ0) is 15.0. The second-order valence-electron chi connectivity index (χ2n) is 4.68. The van der Waals surface area contributed by atoms with Gasteiger partial charge in [0.1, 0.15) is 5.75 Å². The van der Waals surface area contributed by atoms with Crippen LogP contribution in [0.5, 0.6) is 5.75 Å². The number of halogens is 3. The molecule has 1 aromatic heterocycles. The van der Waals surface area contributed by atoms with Crippen LogP contribution >= 0.6 is 0 Å². The van der Waals surface area contributed by atoms with Gasteiger partial charge in [-0.15, -0.1) is 0 Å². The highest BCUT2D eigenvalue weighted by Gasteiger charge is 2.37. The number of phenolic OH excluding ortho intramolecular Hbond substituents is 1. The van der Waals surface area contributed by atoms with Crippen LogP contribution in [0.2, 0.25) is 0 Å². The summed E-state index contributed by atoms with van der Waals surface area (Å²) >= 11 is 0. The average Bonchev–Trinajstić information content (AvgIpc) is 2.78. The highest BCUT2D eigenvalue weighted by Crippen LogP contribution is 2.33. The molecule has 1 heterocycles. The molecule has 0 radical (unpaired) electrons. The fraction of sp³-hybridized carbons (Fsp3) is 0.133. The summed E-state index contributed by atoms with van der Waals surface area (Å²) in [7, 11) is 0. The third kappa shape index (κ3) is 2.56. The normalized spacial score (nSPS) is 12.0. The summed E-state index contributed by atoms with van der Waals surface area (Å²) in [6.07, 6.45) is -4.55. The molecule has 0 saturated carbocycles. The van der Waals surface area contributed by atoms with Gasteiger partial charge in [0.05, 0.1) is 11.0 Å². The molecule has 0 atom stereocenters. The van der Waals surface area contributed by atoms with E-state index in [-0.39, 0.29) is 23.3 Å². The van der Waals surface area contributed by atoms with Gasteiger partial charge in [-0.05, 0) is 17.7 Å². The fourth-order valence-electron chi connectivity index (χ4n) is 2.25. The summed E-state index contributed by atoms with van der Waals surface area (Å²) in [4.78, 5) is 3.65. The maximum Gasteiger partial charge on any atom is 0.449 e. The smallest absolute Gasteiger partial charge is 0.449 e. The average molecular weight is 292 g/mol. The molecule has 1 N–H and O–H groups in total. The Morgan fingerprint density at radius 2 is 1.76 bits per heavy atom. The number of alkyl halides is 3. The first kappa shape index (κ1) is 13.5. The number of rotatable bonds is 2. The number of aromatic hydroxyl groups is 1. The molecule has 0 saturated heterocycles. The summed E-state index contributed by atoms with van der Waals surface area (Å²) in [6.45, 7) is 0.0373. The number of imidazole rings is 1. The Labute approximate surface area is 118 Å². The minimum Gasteiger partial charge on any atom is -0.508 e. The van der Waals surface area contributed by atoms with Crippen molar-refractivity contribution >= 4 is 11.0 Å². The van der Waals surface area contributed by atoms with Gasteiger partial charge in [0.15, 0.2) is 0 Å². The van der Waals surface area contributed by atoms with Crippen molar-refractivity contribution in [3.05, 3.63) is 59.9 Å². The van der Waals surface area contributed by atoms with Crippen molar-refractivity contribution in [3.63, 3.8) is 0 Å². The van der Waals surface area contributed by atoms with Crippen LogP contribution in [-0.2, 0) is 12.7 Å². The van der Waals surface area contributed by atoms with Crippen LogP contribution in [-0.4, -0.2) is 14.7 Å². The van der Waals surface area contributed by atoms with Gasteiger partial charge in [-0.25, -0.2) is 4.98 Å². The molecule has 0 aliphatic carbocycles. The molecule has 3 nitrogen and oxygen atoms in total. The lowest BCUT2D eigenvalue weighted by Gasteiger charge is -2.11. The van der Waals surface area contributed by atoms with Crippen LogP contribution in [0.3, 0.4) is 0 Å². The first-order valence-electron chi connectivity index (χ1n) is 6.25. The van der Waals surface area contributed by atoms with Crippen molar-refractivity contribution in [2.24, 2.45) is 0 Å². The predicted molar refractivity (Wildman–Crippen MR) is 71.9 cm³/mol. The minimum absolute atomic E-state index is 0.0373. The van der Waals surface area contributed by atoms with Crippen molar-refractivity contribution in [1.29, 1.82) is 0 Å². The van der Waals surface area contributed by atoms with Crippen molar-refractivity contribution in [1.82, 2.24) is 9.55 Å². The minimum atomic E-state index is -4.55. The summed E-state index contributed by atoms with van der Waals surface area (Å²) < 4.78 is 40.5. The lowest BCUT2D eigenvalue weighted by Crippen LogP contribution is -2.15. The quantitative estimate of drug-likeness (QED) is 0.780. The molecule has 6 heteroatoms. The Bertz CT molecular complexity index is 779. The van der Waals surface area contributed by atoms with Gasteiger partial charge in [0.25, 0.3) is 0 Å². The van der Waals surface area contributed by atoms with Crippen molar-refractivity contribution in [2.75, 3.05) is 0 Å². The van der Waals surface area contributed by atoms with E-state index in [2.05, 4.69) is 4.98 Å². The summed E-state index contributed by atoms with van der Waals surface area (Å²) in [5.41, 5.74) is 1.19. The first-order chi connectivity index (χ1) is 9.95. The second kappa shape index (κ2) is 4.80. The van der Waals surface area contributed by atoms with E-state index >= 15 is 0 Å². The molecule has 2 aromatic carbocycles. The molecular formula is C15H11F3N2O. The van der Waals surface area contributed by atoms with Crippen LogP contribution in [0, 0.1) is 0 Å². The number of hydrogen-bond donors (Lipinski definition) is 1. The number of phenols is 1. The van der Waals surface area contributed by atoms with E-state index in [0.29, 0.717) is 0 Å². The summed E-state index contributed by atoms with van der Waals surface area (Å²) in [6, 6.07) is 12.8. The SMILES string of the molecule is Oc1ccc2nc(C(F)(F)F)n(Cc3ccccc3)c2c1. The molecule has 3 rings (SSSR count). The molecule has 0 amide bonds. The van der Waals surface area contributed by atoms with E-state index in [1.54, 1.807) is 30.3 Å². The highest BCUT2D eigenvalue weighted by atomic mass is 19.4. The van der Waals surface area contributed by atoms with E-state index in [1.165, 1.54) is 18.2 Å². The molecule has 0 bridgehead atoms. The zero-order valence-electron chi connectivity index (χ0n) is 10.8. The zero-order valence-corrected chi connectivity index (χ0v) is 10.8. The molecule has 3 aromatic rings. The molecule has 0 spiro atoms. The number of benzene rings is 2. The number of nitrogens with zero attached hydrogens (tertiary/aromatic N) is 2. The largest absolute Gasteiger partial charge is 0.508 e. The van der Waals surface area contributed by atoms with Crippen LogP contribution in [0.15, 0.2) is 48.5 Å². The van der Waals surface area contributed by atoms with Crippen LogP contribution in [0.4, 0.5) is 13.2 Å². The van der Waals surface area contributed by atoms with E-state index in [0.717, 1.165) is 10.1 Å². The van der Waals surface area contributed by atoms with Gasteiger partial charge in [-0.1, -0.05) is 30.3 Å². The molecule has 0 aliphatic rings. The predicted octanol–water partition coefficient (Wildman–Crippen LogP) is 3.81. The third-order valence-corrected chi connectivity index (χ3v) is 3.17. The maximum absolute atomic E-state index is 13.1. The Morgan fingerprint density at radius 1 is 1.05 bits per heavy atom. The van der Waals surface area contributed by atoms with Crippen LogP contribution in [0.25, 0.3) is 11.0 Å². The highest BCUT2D eigenvalue weighted by molar-refractivity contribution is 5.78. The van der Waals surface area contributed by atoms with Crippen molar-refractivity contribution in [2.45, 2.75) is 12.7 Å². The second-order valence-corrected chi connectivity index (χ2v) is 4.68. The van der Waals surface area contributed by atoms with Gasteiger partial charge < -0.3 is 9.67 Å². The summed E-state index contributed by atoms with van der Waals surface area (Å²) in [5, 5.41) is 9.51. The number of aromatic nitrogens is 2. The Morgan fingerprint density at radius 3 is 2.43 bits per heavy atom. The van der Waals surface area contributed by atoms with Crippen LogP contribution in [0.1, 0.15) is 11.4 Å². The number of fused-ring (bicyclic) bond motifs is 1. The molecule has 0 aliphatic heterocycles. The van der Waals surface area contributed by atoms with Crippen molar-refractivity contribution < 1.29 is 18.3 Å². The Hall–Kier alpha value is -2.50. The number of hydrogen-bond acceptors (Lipinski definition) is 2. The third-order valence-electron chi connectivity index (χ3n) is 3.17. The Kier molecular flexibility index (Phi) is 3.08. The molecule has 21 heavy (non-hydrogen) atoms. The van der Waals surface area contributed by atoms with E-state index < -0.39 is 12.0 Å². The fourth-order valence-corrected chi connectivity index (χ4v) is 2.25. The molecule has 0 unspecified atom stereocenters. The Balaban J connectivity index is 2.20. The summed E-state index contributed by atoms with van der Waals surface area (Å²) in [5.74, 6) is -1.06. The van der Waals surface area contributed by atoms with Gasteiger partial charge in [0, 0.05) is 12.6 Å². The van der Waals surface area contributed by atoms with Crippen LogP contribution < -0.4 is 0 Å². The molecule has 108 valence electrons. The standard InChI is InChI=1S/C15H11F3N2O/c16-15(17,18)14-19-12-7-6-11(21)8-13(12)20(14)9-10-4-2-1-3-5-10/h1-8,21H,9H2. The molecular weight excluding hydrogens is 281 g/mol. The van der Waals surface area contributed by atoms with E-state index in [9.17, 15) is 18.3 Å². The first-order valence-corrected chi connectivity index (χ1v) is 6.25. The van der Waals surface area contributed by atoms with Crippen molar-refractivity contribution in [3.8, 4) is 5.75 Å². The monoisotopic (exact) mass is 292 g/mol. The lowest BCUT2D eigenvalue weighted by atomic mass is 10.2. The van der Waals surface area contributed by atoms with Gasteiger partial charge in [-0.3, -0.25) is 0 Å². The molecule has 0 fully saturated rings. The van der Waals surface area contributed by atoms with Gasteiger partial charge in [-0.2, -0.15) is 13.2 Å².